The summed E-state index contributed by atoms with van der Waals surface area (Å²) in [5.41, 5.74) is 0.494. The lowest BCUT2D eigenvalue weighted by atomic mass is 10.2. The van der Waals surface area contributed by atoms with Crippen LogP contribution in [0.2, 0.25) is 0 Å². The van der Waals surface area contributed by atoms with Crippen LogP contribution in [-0.4, -0.2) is 27.4 Å². The van der Waals surface area contributed by atoms with Crippen LogP contribution in [0.1, 0.15) is 11.4 Å². The molecule has 4 nitrogen and oxygen atoms in total. The largest absolute Gasteiger partial charge is 0.389 e. The Labute approximate surface area is 111 Å². The molecule has 5 heteroatoms. The highest BCUT2D eigenvalue weighted by atomic mass is 19.1. The second-order valence-electron chi connectivity index (χ2n) is 4.39. The van der Waals surface area contributed by atoms with Crippen molar-refractivity contribution in [2.75, 3.05) is 6.61 Å². The fourth-order valence-electron chi connectivity index (χ4n) is 1.80. The zero-order chi connectivity index (χ0) is 13.7. The number of hydrogen-bond donors (Lipinski definition) is 1. The lowest BCUT2D eigenvalue weighted by Gasteiger charge is -2.13. The first kappa shape index (κ1) is 13.7. The van der Waals surface area contributed by atoms with E-state index in [2.05, 4.69) is 4.98 Å². The Hall–Kier alpha value is -1.72. The smallest absolute Gasteiger partial charge is 0.128 e. The zero-order valence-corrected chi connectivity index (χ0v) is 10.8. The highest BCUT2D eigenvalue weighted by Crippen LogP contribution is 2.08. The van der Waals surface area contributed by atoms with Gasteiger partial charge in [0, 0.05) is 18.0 Å². The summed E-state index contributed by atoms with van der Waals surface area (Å²) in [6, 6.07) is 6.45. The first-order valence-corrected chi connectivity index (χ1v) is 6.14. The Morgan fingerprint density at radius 1 is 1.42 bits per heavy atom. The second kappa shape index (κ2) is 6.45. The molecule has 0 aliphatic carbocycles. The number of benzene rings is 1. The molecule has 0 saturated carbocycles. The lowest BCUT2D eigenvalue weighted by Crippen LogP contribution is -2.22. The minimum Gasteiger partial charge on any atom is -0.389 e. The molecule has 0 aliphatic rings. The number of hydrogen-bond acceptors (Lipinski definition) is 3. The third-order valence-corrected chi connectivity index (χ3v) is 2.86. The van der Waals surface area contributed by atoms with E-state index in [0.29, 0.717) is 12.1 Å². The third-order valence-electron chi connectivity index (χ3n) is 2.86. The normalized spacial score (nSPS) is 12.6. The molecule has 1 unspecified atom stereocenters. The maximum atomic E-state index is 13.3. The summed E-state index contributed by atoms with van der Waals surface area (Å²) in [5, 5.41) is 9.83. The van der Waals surface area contributed by atoms with Gasteiger partial charge >= 0.3 is 0 Å². The van der Waals surface area contributed by atoms with Crippen LogP contribution in [0.25, 0.3) is 0 Å². The van der Waals surface area contributed by atoms with Crippen molar-refractivity contribution >= 4 is 0 Å². The number of rotatable bonds is 6. The van der Waals surface area contributed by atoms with Crippen molar-refractivity contribution < 1.29 is 14.2 Å². The summed E-state index contributed by atoms with van der Waals surface area (Å²) in [4.78, 5) is 4.07. The molecule has 1 N–H and O–H groups in total. The Balaban J connectivity index is 1.77. The number of nitrogens with zero attached hydrogens (tertiary/aromatic N) is 2. The standard InChI is InChI=1S/C14H17FN2O2/c1-11-16-6-7-17(11)8-13(18)10-19-9-12-4-2-3-5-14(12)15/h2-7,13,18H,8-10H2,1H3. The quantitative estimate of drug-likeness (QED) is 0.867. The molecule has 0 saturated heterocycles. The van der Waals surface area contributed by atoms with Gasteiger partial charge in [0.1, 0.15) is 11.6 Å². The van der Waals surface area contributed by atoms with Gasteiger partial charge in [-0.1, -0.05) is 18.2 Å². The van der Waals surface area contributed by atoms with Crippen LogP contribution in [-0.2, 0) is 17.9 Å². The Morgan fingerprint density at radius 2 is 2.21 bits per heavy atom. The lowest BCUT2D eigenvalue weighted by molar-refractivity contribution is 0.0192. The van der Waals surface area contributed by atoms with Gasteiger partial charge in [0.25, 0.3) is 0 Å². The van der Waals surface area contributed by atoms with Gasteiger partial charge in [-0.2, -0.15) is 0 Å². The average molecular weight is 264 g/mol. The molecule has 0 amide bonds. The highest BCUT2D eigenvalue weighted by Gasteiger charge is 2.08. The van der Waals surface area contributed by atoms with Crippen LogP contribution < -0.4 is 0 Å². The van der Waals surface area contributed by atoms with Gasteiger partial charge in [-0.3, -0.25) is 0 Å². The first-order chi connectivity index (χ1) is 9.16. The summed E-state index contributed by atoms with van der Waals surface area (Å²) >= 11 is 0. The van der Waals surface area contributed by atoms with Gasteiger partial charge in [-0.15, -0.1) is 0 Å². The van der Waals surface area contributed by atoms with Crippen molar-refractivity contribution in [3.8, 4) is 0 Å². The summed E-state index contributed by atoms with van der Waals surface area (Å²) in [5.74, 6) is 0.551. The van der Waals surface area contributed by atoms with Crippen molar-refractivity contribution in [2.45, 2.75) is 26.2 Å². The van der Waals surface area contributed by atoms with Crippen molar-refractivity contribution in [1.29, 1.82) is 0 Å². The van der Waals surface area contributed by atoms with Gasteiger partial charge in [0.2, 0.25) is 0 Å². The van der Waals surface area contributed by atoms with Crippen LogP contribution in [0.4, 0.5) is 4.39 Å². The van der Waals surface area contributed by atoms with E-state index in [1.807, 2.05) is 11.5 Å². The number of imidazole rings is 1. The summed E-state index contributed by atoms with van der Waals surface area (Å²) in [6.07, 6.45) is 2.84. The average Bonchev–Trinajstić information content (AvgIpc) is 2.77. The van der Waals surface area contributed by atoms with E-state index in [-0.39, 0.29) is 19.0 Å². The van der Waals surface area contributed by atoms with Crippen molar-refractivity contribution in [3.05, 3.63) is 53.9 Å². The van der Waals surface area contributed by atoms with Crippen LogP contribution in [0.15, 0.2) is 36.7 Å². The third kappa shape index (κ3) is 3.87. The number of aliphatic hydroxyl groups is 1. The van der Waals surface area contributed by atoms with E-state index in [1.165, 1.54) is 6.07 Å². The van der Waals surface area contributed by atoms with Crippen LogP contribution >= 0.6 is 0 Å². The number of ether oxygens (including phenoxy) is 1. The fourth-order valence-corrected chi connectivity index (χ4v) is 1.80. The molecule has 1 aromatic heterocycles. The SMILES string of the molecule is Cc1nccn1CC(O)COCc1ccccc1F. The molecule has 0 aliphatic heterocycles. The minimum atomic E-state index is -0.639. The number of aryl methyl sites for hydroxylation is 1. The predicted molar refractivity (Wildman–Crippen MR) is 69.0 cm³/mol. The molecule has 0 spiro atoms. The maximum absolute atomic E-state index is 13.3. The molecule has 2 aromatic rings. The molecule has 0 fully saturated rings. The molecule has 1 aromatic carbocycles. The van der Waals surface area contributed by atoms with Crippen LogP contribution in [0.5, 0.6) is 0 Å². The van der Waals surface area contributed by atoms with E-state index in [1.54, 1.807) is 30.6 Å². The molecular weight excluding hydrogens is 247 g/mol. The van der Waals surface area contributed by atoms with Gasteiger partial charge in [0.05, 0.1) is 25.9 Å². The highest BCUT2D eigenvalue weighted by molar-refractivity contribution is 5.16. The molecule has 1 heterocycles. The number of aliphatic hydroxyl groups excluding tert-OH is 1. The summed E-state index contributed by atoms with van der Waals surface area (Å²) in [6.45, 7) is 2.61. The van der Waals surface area contributed by atoms with Crippen molar-refractivity contribution in [3.63, 3.8) is 0 Å². The van der Waals surface area contributed by atoms with Crippen LogP contribution in [0.3, 0.4) is 0 Å². The van der Waals surface area contributed by atoms with E-state index in [0.717, 1.165) is 5.82 Å². The molecule has 19 heavy (non-hydrogen) atoms. The molecular formula is C14H17FN2O2. The van der Waals surface area contributed by atoms with Crippen molar-refractivity contribution in [2.24, 2.45) is 0 Å². The summed E-state index contributed by atoms with van der Waals surface area (Å²) in [7, 11) is 0. The Morgan fingerprint density at radius 3 is 2.89 bits per heavy atom. The second-order valence-corrected chi connectivity index (χ2v) is 4.39. The van der Waals surface area contributed by atoms with Crippen molar-refractivity contribution in [1.82, 2.24) is 9.55 Å². The van der Waals surface area contributed by atoms with Crippen LogP contribution in [0, 0.1) is 12.7 Å². The first-order valence-electron chi connectivity index (χ1n) is 6.14. The predicted octanol–water partition coefficient (Wildman–Crippen LogP) is 1.91. The van der Waals surface area contributed by atoms with Gasteiger partial charge in [0.15, 0.2) is 0 Å². The number of halogens is 1. The van der Waals surface area contributed by atoms with E-state index >= 15 is 0 Å². The Kier molecular flexibility index (Phi) is 4.65. The minimum absolute atomic E-state index is 0.159. The maximum Gasteiger partial charge on any atom is 0.128 e. The van der Waals surface area contributed by atoms with Gasteiger partial charge in [-0.05, 0) is 13.0 Å². The Bertz CT molecular complexity index is 528. The monoisotopic (exact) mass is 264 g/mol. The van der Waals surface area contributed by atoms with Gasteiger partial charge in [-0.25, -0.2) is 9.37 Å². The van der Waals surface area contributed by atoms with E-state index < -0.39 is 6.10 Å². The molecule has 0 radical (unpaired) electrons. The number of aromatic nitrogens is 2. The summed E-state index contributed by atoms with van der Waals surface area (Å²) < 4.78 is 20.5. The molecule has 102 valence electrons. The topological polar surface area (TPSA) is 47.3 Å². The zero-order valence-electron chi connectivity index (χ0n) is 10.8. The molecule has 0 bridgehead atoms. The molecule has 1 atom stereocenters. The van der Waals surface area contributed by atoms with Gasteiger partial charge < -0.3 is 14.4 Å². The van der Waals surface area contributed by atoms with E-state index in [9.17, 15) is 9.50 Å². The van der Waals surface area contributed by atoms with E-state index in [4.69, 9.17) is 4.74 Å². The fraction of sp³-hybridized carbons (Fsp3) is 0.357. The molecule has 2 rings (SSSR count).